The molecule has 2 aliphatic heterocycles. The van der Waals surface area contributed by atoms with E-state index in [4.69, 9.17) is 28.9 Å². The summed E-state index contributed by atoms with van der Waals surface area (Å²) in [6.45, 7) is 9.14. The number of hydrogen-bond acceptors (Lipinski definition) is 5. The van der Waals surface area contributed by atoms with E-state index in [-0.39, 0.29) is 23.8 Å². The van der Waals surface area contributed by atoms with Crippen molar-refractivity contribution in [3.8, 4) is 16.9 Å². The van der Waals surface area contributed by atoms with Crippen molar-refractivity contribution in [2.45, 2.75) is 64.8 Å². The monoisotopic (exact) mass is 701 g/mol. The first-order chi connectivity index (χ1) is 22.1. The molecule has 2 fully saturated rings. The Balaban J connectivity index is 1.53. The first kappa shape index (κ1) is 35.4. The van der Waals surface area contributed by atoms with Gasteiger partial charge in [0.25, 0.3) is 5.91 Å². The van der Waals surface area contributed by atoms with Crippen molar-refractivity contribution < 1.29 is 18.0 Å². The maximum absolute atomic E-state index is 14.5. The van der Waals surface area contributed by atoms with E-state index in [0.29, 0.717) is 54.4 Å². The van der Waals surface area contributed by atoms with Crippen molar-refractivity contribution >= 4 is 45.0 Å². The van der Waals surface area contributed by atoms with Gasteiger partial charge in [0.05, 0.1) is 17.5 Å². The van der Waals surface area contributed by atoms with Gasteiger partial charge in [-0.2, -0.15) is 0 Å². The summed E-state index contributed by atoms with van der Waals surface area (Å²) in [7, 11) is -3.37. The van der Waals surface area contributed by atoms with Crippen molar-refractivity contribution in [2.24, 2.45) is 11.1 Å². The van der Waals surface area contributed by atoms with Crippen LogP contribution in [0.4, 0.5) is 0 Å². The first-order valence-corrected chi connectivity index (χ1v) is 18.8. The molecule has 12 heteroatoms. The smallest absolute Gasteiger partial charge is 0.255 e. The lowest BCUT2D eigenvalue weighted by Crippen LogP contribution is -2.64. The number of carbonyl (C=O) groups is 2. The number of likely N-dealkylation sites (tertiary alicyclic amines) is 2. The molecule has 47 heavy (non-hydrogen) atoms. The number of nitrogens with two attached hydrogens (primary N) is 1. The van der Waals surface area contributed by atoms with Crippen LogP contribution in [0.15, 0.2) is 48.5 Å². The van der Waals surface area contributed by atoms with E-state index < -0.39 is 15.6 Å². The van der Waals surface area contributed by atoms with Gasteiger partial charge in [-0.05, 0) is 112 Å². The topological polar surface area (TPSA) is 118 Å². The maximum Gasteiger partial charge on any atom is 0.255 e. The van der Waals surface area contributed by atoms with Crippen LogP contribution in [-0.2, 0) is 21.2 Å². The summed E-state index contributed by atoms with van der Waals surface area (Å²) in [5.41, 5.74) is 10.4. The van der Waals surface area contributed by atoms with Crippen LogP contribution in [0.5, 0.6) is 0 Å². The fourth-order valence-corrected chi connectivity index (χ4v) is 7.87. The molecule has 0 radical (unpaired) electrons. The molecule has 0 aliphatic carbocycles. The average Bonchev–Trinajstić information content (AvgIpc) is 3.37. The molecule has 3 N–H and O–H groups in total. The summed E-state index contributed by atoms with van der Waals surface area (Å²) < 4.78 is 28.2. The quantitative estimate of drug-likeness (QED) is 0.258. The van der Waals surface area contributed by atoms with Crippen LogP contribution >= 0.6 is 23.2 Å². The molecule has 2 aromatic carbocycles. The number of nitrogens with one attached hydrogen (secondary N) is 1. The number of rotatable bonds is 10. The lowest BCUT2D eigenvalue weighted by molar-refractivity contribution is -0.135. The van der Waals surface area contributed by atoms with Crippen LogP contribution in [0.2, 0.25) is 10.0 Å². The minimum absolute atomic E-state index is 0.130. The van der Waals surface area contributed by atoms with Gasteiger partial charge in [0.1, 0.15) is 5.54 Å². The Kier molecular flexibility index (Phi) is 10.5. The Morgan fingerprint density at radius 1 is 0.915 bits per heavy atom. The fourth-order valence-electron chi connectivity index (χ4n) is 7.00. The number of nitrogens with zero attached hydrogens (tertiary/aromatic N) is 3. The van der Waals surface area contributed by atoms with E-state index in [1.54, 1.807) is 0 Å². The molecule has 9 nitrogen and oxygen atoms in total. The Morgan fingerprint density at radius 2 is 1.53 bits per heavy atom. The van der Waals surface area contributed by atoms with Crippen LogP contribution in [0, 0.1) is 12.3 Å². The number of aryl methyl sites for hydroxylation is 1. The van der Waals surface area contributed by atoms with Crippen LogP contribution in [-0.4, -0.2) is 79.1 Å². The van der Waals surface area contributed by atoms with E-state index in [9.17, 15) is 18.0 Å². The van der Waals surface area contributed by atoms with E-state index in [1.807, 2.05) is 60.4 Å². The van der Waals surface area contributed by atoms with Crippen molar-refractivity contribution in [3.05, 3.63) is 75.4 Å². The molecular formula is C35H45Cl2N5O4S. The number of halogens is 2. The summed E-state index contributed by atoms with van der Waals surface area (Å²) in [4.78, 5) is 31.6. The predicted molar refractivity (Wildman–Crippen MR) is 189 cm³/mol. The van der Waals surface area contributed by atoms with Gasteiger partial charge in [0.15, 0.2) is 0 Å². The number of carbonyl (C=O) groups excluding carboxylic acids is 2. The van der Waals surface area contributed by atoms with Crippen LogP contribution in [0.25, 0.3) is 16.9 Å². The van der Waals surface area contributed by atoms with Gasteiger partial charge < -0.3 is 15.2 Å². The molecule has 0 atom stereocenters. The van der Waals surface area contributed by atoms with Crippen molar-refractivity contribution in [3.63, 3.8) is 0 Å². The Bertz CT molecular complexity index is 1740. The number of piperidine rings is 2. The highest BCUT2D eigenvalue weighted by atomic mass is 35.5. The van der Waals surface area contributed by atoms with Gasteiger partial charge in [-0.1, -0.05) is 43.1 Å². The Hall–Kier alpha value is -2.89. The Labute approximate surface area is 288 Å². The van der Waals surface area contributed by atoms with Crippen LogP contribution < -0.4 is 10.5 Å². The number of hydrogen-bond donors (Lipinski definition) is 2. The van der Waals surface area contributed by atoms with Gasteiger partial charge in [-0.25, -0.2) is 13.1 Å². The third kappa shape index (κ3) is 7.89. The number of amides is 2. The summed E-state index contributed by atoms with van der Waals surface area (Å²) in [6, 6.07) is 15.0. The highest BCUT2D eigenvalue weighted by Crippen LogP contribution is 2.39. The number of aromatic nitrogens is 1. The molecule has 0 unspecified atom stereocenters. The maximum atomic E-state index is 14.5. The van der Waals surface area contributed by atoms with Gasteiger partial charge in [-0.15, -0.1) is 0 Å². The highest BCUT2D eigenvalue weighted by Gasteiger charge is 2.47. The molecule has 5 rings (SSSR count). The molecule has 254 valence electrons. The number of benzene rings is 2. The summed E-state index contributed by atoms with van der Waals surface area (Å²) >= 11 is 12.6. The zero-order chi connectivity index (χ0) is 34.1. The third-order valence-corrected chi connectivity index (χ3v) is 11.1. The second-order valence-electron chi connectivity index (χ2n) is 13.8. The van der Waals surface area contributed by atoms with Crippen molar-refractivity contribution in [1.29, 1.82) is 0 Å². The zero-order valence-corrected chi connectivity index (χ0v) is 29.9. The second-order valence-corrected chi connectivity index (χ2v) is 16.5. The largest absolute Gasteiger partial charge is 0.368 e. The third-order valence-electron chi connectivity index (χ3n) is 9.90. The minimum Gasteiger partial charge on any atom is -0.368 e. The fraction of sp³-hybridized carbons (Fsp3) is 0.486. The number of sulfonamides is 1. The molecule has 2 amide bonds. The molecule has 0 saturated carbocycles. The van der Waals surface area contributed by atoms with E-state index in [1.165, 1.54) is 0 Å². The minimum atomic E-state index is -3.37. The first-order valence-electron chi connectivity index (χ1n) is 16.2. The average molecular weight is 703 g/mol. The molecule has 3 heterocycles. The molecule has 3 aromatic rings. The van der Waals surface area contributed by atoms with E-state index in [2.05, 4.69) is 28.0 Å². The SMILES string of the molecule is Cc1cc(Cl)ccc1-c1cc(C(=O)N2CCC(C(N)=O)(N3CCC(C)(C)CC3)CC2)c(CCCNS(C)(=O)=O)n1-c1ccc(Cl)cc1. The second kappa shape index (κ2) is 13.9. The molecule has 1 aromatic heterocycles. The number of primary amides is 1. The Morgan fingerprint density at radius 3 is 2.11 bits per heavy atom. The molecule has 2 saturated heterocycles. The summed E-state index contributed by atoms with van der Waals surface area (Å²) in [5.74, 6) is -0.452. The molecule has 0 spiro atoms. The molecule has 2 aliphatic rings. The predicted octanol–water partition coefficient (Wildman–Crippen LogP) is 5.82. The van der Waals surface area contributed by atoms with E-state index >= 15 is 0 Å². The highest BCUT2D eigenvalue weighted by molar-refractivity contribution is 7.88. The van der Waals surface area contributed by atoms with Gasteiger partial charge >= 0.3 is 0 Å². The normalized spacial score (nSPS) is 18.3. The van der Waals surface area contributed by atoms with Gasteiger partial charge in [0, 0.05) is 46.6 Å². The van der Waals surface area contributed by atoms with Crippen LogP contribution in [0.1, 0.15) is 67.6 Å². The van der Waals surface area contributed by atoms with Gasteiger partial charge in [0.2, 0.25) is 15.9 Å². The van der Waals surface area contributed by atoms with Crippen LogP contribution in [0.3, 0.4) is 0 Å². The standard InChI is InChI=1S/C35H45Cl2N5O4S/c1-24-22-26(37)9-12-28(24)31-23-29(30(6-5-17-39-47(4,45)46)42(31)27-10-7-25(36)8-11-27)32(43)40-18-15-35(16-19-40,33(38)44)41-20-13-34(2,3)14-21-41/h7-12,22-23,39H,5-6,13-21H2,1-4H3,(H2,38,44). The lowest BCUT2D eigenvalue weighted by Gasteiger charge is -2.50. The zero-order valence-electron chi connectivity index (χ0n) is 27.6. The van der Waals surface area contributed by atoms with Crippen molar-refractivity contribution in [1.82, 2.24) is 19.1 Å². The van der Waals surface area contributed by atoms with Crippen molar-refractivity contribution in [2.75, 3.05) is 39.0 Å². The summed E-state index contributed by atoms with van der Waals surface area (Å²) in [6.07, 6.45) is 4.97. The van der Waals surface area contributed by atoms with E-state index in [0.717, 1.165) is 60.4 Å². The van der Waals surface area contributed by atoms with Gasteiger partial charge in [-0.3, -0.25) is 14.5 Å². The molecule has 0 bridgehead atoms. The lowest BCUT2D eigenvalue weighted by atomic mass is 9.78. The molecular weight excluding hydrogens is 657 g/mol. The summed E-state index contributed by atoms with van der Waals surface area (Å²) in [5, 5.41) is 1.20.